The van der Waals surface area contributed by atoms with E-state index in [4.69, 9.17) is 14.0 Å². The van der Waals surface area contributed by atoms with Crippen molar-refractivity contribution in [2.45, 2.75) is 49.9 Å². The molecule has 2 saturated heterocycles. The first kappa shape index (κ1) is 24.8. The van der Waals surface area contributed by atoms with E-state index in [1.54, 1.807) is 12.1 Å². The number of alkyl halides is 3. The Morgan fingerprint density at radius 2 is 1.85 bits per heavy atom. The van der Waals surface area contributed by atoms with Crippen LogP contribution in [0.15, 0.2) is 47.0 Å². The summed E-state index contributed by atoms with van der Waals surface area (Å²) in [5, 5.41) is 4.93. The third-order valence-corrected chi connectivity index (χ3v) is 8.55. The Morgan fingerprint density at radius 1 is 1.05 bits per heavy atom. The molecule has 1 saturated carbocycles. The van der Waals surface area contributed by atoms with Crippen LogP contribution in [0.3, 0.4) is 0 Å². The molecule has 1 unspecified atom stereocenters. The summed E-state index contributed by atoms with van der Waals surface area (Å²) in [5.74, 6) is 0.0111. The number of para-hydroxylation sites is 2. The molecular weight excluding hydrogens is 538 g/mol. The van der Waals surface area contributed by atoms with Gasteiger partial charge >= 0.3 is 6.36 Å². The number of hydrogen-bond donors (Lipinski definition) is 0. The molecule has 204 valence electrons. The van der Waals surface area contributed by atoms with Crippen molar-refractivity contribution >= 4 is 26.7 Å². The van der Waals surface area contributed by atoms with Gasteiger partial charge in [-0.05, 0) is 49.9 Å². The van der Waals surface area contributed by atoms with E-state index >= 15 is 0 Å². The zero-order valence-corrected chi connectivity index (χ0v) is 21.4. The Labute approximate surface area is 224 Å². The molecule has 0 bridgehead atoms. The summed E-state index contributed by atoms with van der Waals surface area (Å²) < 4.78 is 76.9. The monoisotopic (exact) mass is 561 g/mol. The summed E-state index contributed by atoms with van der Waals surface area (Å²) in [6.07, 6.45) is -2.59. The zero-order valence-electron chi connectivity index (χ0n) is 20.5. The van der Waals surface area contributed by atoms with E-state index in [2.05, 4.69) is 19.8 Å². The molecule has 4 heterocycles. The fraction of sp³-hybridized carbons (Fsp3) is 0.407. The average Bonchev–Trinajstić information content (AvgIpc) is 3.31. The van der Waals surface area contributed by atoms with Crippen molar-refractivity contribution in [3.05, 3.63) is 59.6 Å². The first-order valence-corrected chi connectivity index (χ1v) is 13.5. The minimum atomic E-state index is -4.85. The van der Waals surface area contributed by atoms with Gasteiger partial charge in [-0.25, -0.2) is 9.37 Å². The van der Waals surface area contributed by atoms with E-state index in [9.17, 15) is 17.6 Å². The minimum Gasteiger partial charge on any atom is -0.405 e. The van der Waals surface area contributed by atoms with Gasteiger partial charge in [0.25, 0.3) is 0 Å². The van der Waals surface area contributed by atoms with E-state index in [1.165, 1.54) is 35.6 Å². The van der Waals surface area contributed by atoms with E-state index in [-0.39, 0.29) is 28.7 Å². The standard InChI is InChI=1S/C27H23F4N3O4S/c28-17-5-3-7-19-22(17)32-25(39-19)34-12-10-26(11-13-34)14-35-24(37-26)20-21(33-38-23(20)15-8-9-15)16-4-1-2-6-18(16)36-27(29,30)31/h1-7,15,24H,8-14H2. The maximum Gasteiger partial charge on any atom is 0.573 e. The second kappa shape index (κ2) is 9.17. The number of aromatic nitrogens is 2. The van der Waals surface area contributed by atoms with Gasteiger partial charge in [-0.2, -0.15) is 0 Å². The summed E-state index contributed by atoms with van der Waals surface area (Å²) in [7, 11) is 0. The third-order valence-electron chi connectivity index (χ3n) is 7.47. The number of nitrogens with zero attached hydrogens (tertiary/aromatic N) is 3. The normalized spacial score (nSPS) is 21.2. The molecule has 7 rings (SSSR count). The van der Waals surface area contributed by atoms with Crippen LogP contribution >= 0.6 is 11.3 Å². The molecule has 3 aliphatic rings. The third kappa shape index (κ3) is 4.64. The lowest BCUT2D eigenvalue weighted by molar-refractivity contribution is -0.274. The lowest BCUT2D eigenvalue weighted by atomic mass is 9.92. The van der Waals surface area contributed by atoms with Crippen LogP contribution in [0, 0.1) is 5.82 Å². The van der Waals surface area contributed by atoms with Crippen LogP contribution in [0.25, 0.3) is 21.5 Å². The molecule has 3 fully saturated rings. The average molecular weight is 562 g/mol. The SMILES string of the molecule is Fc1cccc2sc(N3CCC4(CC3)COC(c3c(-c5ccccc5OC(F)(F)F)noc3C3CC3)O4)nc12. The Kier molecular flexibility index (Phi) is 5.83. The zero-order chi connectivity index (χ0) is 26.8. The number of thiazole rings is 1. The van der Waals surface area contributed by atoms with Gasteiger partial charge in [0.05, 0.1) is 22.5 Å². The highest BCUT2D eigenvalue weighted by molar-refractivity contribution is 7.22. The van der Waals surface area contributed by atoms with Crippen LogP contribution in [0.5, 0.6) is 5.75 Å². The largest absolute Gasteiger partial charge is 0.573 e. The topological polar surface area (TPSA) is 69.9 Å². The molecule has 1 atom stereocenters. The molecule has 0 N–H and O–H groups in total. The van der Waals surface area contributed by atoms with Crippen molar-refractivity contribution in [2.24, 2.45) is 0 Å². The molecule has 2 aliphatic heterocycles. The number of anilines is 1. The summed E-state index contributed by atoms with van der Waals surface area (Å²) in [6, 6.07) is 10.8. The molecule has 2 aromatic heterocycles. The number of hydrogen-bond acceptors (Lipinski definition) is 8. The van der Waals surface area contributed by atoms with Crippen molar-refractivity contribution in [1.29, 1.82) is 0 Å². The highest BCUT2D eigenvalue weighted by Crippen LogP contribution is 2.51. The minimum absolute atomic E-state index is 0.127. The van der Waals surface area contributed by atoms with Crippen molar-refractivity contribution in [3.63, 3.8) is 0 Å². The Hall–Kier alpha value is -3.22. The number of halogens is 4. The molecule has 4 aromatic rings. The summed E-state index contributed by atoms with van der Waals surface area (Å²) in [6.45, 7) is 1.62. The first-order valence-electron chi connectivity index (χ1n) is 12.7. The lowest BCUT2D eigenvalue weighted by Gasteiger charge is -2.37. The maximum atomic E-state index is 14.2. The van der Waals surface area contributed by atoms with Gasteiger partial charge in [-0.3, -0.25) is 0 Å². The predicted octanol–water partition coefficient (Wildman–Crippen LogP) is 6.95. The van der Waals surface area contributed by atoms with E-state index in [1.807, 2.05) is 6.07 Å². The second-order valence-electron chi connectivity index (χ2n) is 10.1. The van der Waals surface area contributed by atoms with Gasteiger partial charge in [0.2, 0.25) is 0 Å². The number of rotatable bonds is 5. The van der Waals surface area contributed by atoms with Crippen molar-refractivity contribution in [3.8, 4) is 17.0 Å². The molecular formula is C27H23F4N3O4S. The van der Waals surface area contributed by atoms with Gasteiger partial charge < -0.3 is 23.6 Å². The highest BCUT2D eigenvalue weighted by atomic mass is 32.1. The van der Waals surface area contributed by atoms with Crippen molar-refractivity contribution in [1.82, 2.24) is 10.1 Å². The van der Waals surface area contributed by atoms with Gasteiger partial charge in [0.1, 0.15) is 28.5 Å². The second-order valence-corrected chi connectivity index (χ2v) is 11.2. The molecule has 7 nitrogen and oxygen atoms in total. The molecule has 39 heavy (non-hydrogen) atoms. The molecule has 1 aliphatic carbocycles. The number of fused-ring (bicyclic) bond motifs is 1. The van der Waals surface area contributed by atoms with Crippen molar-refractivity contribution in [2.75, 3.05) is 24.6 Å². The number of benzene rings is 2. The summed E-state index contributed by atoms with van der Waals surface area (Å²) in [5.41, 5.74) is 0.720. The van der Waals surface area contributed by atoms with Gasteiger partial charge in [-0.15, -0.1) is 13.2 Å². The van der Waals surface area contributed by atoms with E-state index in [0.29, 0.717) is 49.4 Å². The maximum absolute atomic E-state index is 14.2. The molecule has 1 spiro atoms. The number of ether oxygens (including phenoxy) is 3. The van der Waals surface area contributed by atoms with Gasteiger partial charge in [-0.1, -0.05) is 34.7 Å². The quantitative estimate of drug-likeness (QED) is 0.244. The van der Waals surface area contributed by atoms with Crippen LogP contribution in [-0.2, 0) is 9.47 Å². The fourth-order valence-corrected chi connectivity index (χ4v) is 6.35. The molecule has 0 radical (unpaired) electrons. The molecule has 12 heteroatoms. The Balaban J connectivity index is 1.13. The first-order chi connectivity index (χ1) is 18.8. The van der Waals surface area contributed by atoms with E-state index in [0.717, 1.165) is 22.7 Å². The lowest BCUT2D eigenvalue weighted by Crippen LogP contribution is -2.46. The number of piperidine rings is 1. The Morgan fingerprint density at radius 3 is 2.59 bits per heavy atom. The van der Waals surface area contributed by atoms with E-state index < -0.39 is 18.3 Å². The van der Waals surface area contributed by atoms with Crippen LogP contribution in [-0.4, -0.2) is 41.8 Å². The molecule has 2 aromatic carbocycles. The molecule has 0 amide bonds. The van der Waals surface area contributed by atoms with Crippen LogP contribution in [0.2, 0.25) is 0 Å². The van der Waals surface area contributed by atoms with Crippen LogP contribution in [0.4, 0.5) is 22.7 Å². The predicted molar refractivity (Wildman–Crippen MR) is 134 cm³/mol. The summed E-state index contributed by atoms with van der Waals surface area (Å²) in [4.78, 5) is 6.63. The summed E-state index contributed by atoms with van der Waals surface area (Å²) >= 11 is 1.45. The van der Waals surface area contributed by atoms with Crippen molar-refractivity contribution < 1.29 is 36.3 Å². The van der Waals surface area contributed by atoms with Gasteiger partial charge in [0.15, 0.2) is 11.4 Å². The van der Waals surface area contributed by atoms with Gasteiger partial charge in [0, 0.05) is 24.6 Å². The van der Waals surface area contributed by atoms with Crippen LogP contribution in [0.1, 0.15) is 49.2 Å². The Bertz CT molecular complexity index is 1520. The smallest absolute Gasteiger partial charge is 0.405 e. The van der Waals surface area contributed by atoms with Crippen LogP contribution < -0.4 is 9.64 Å². The fourth-order valence-electron chi connectivity index (χ4n) is 5.32. The highest BCUT2D eigenvalue weighted by Gasteiger charge is 2.48.